The van der Waals surface area contributed by atoms with Crippen molar-refractivity contribution in [1.82, 2.24) is 0 Å². The number of Topliss-reactive ketones (excluding diaryl/α,β-unsaturated/α-hetero) is 1. The van der Waals surface area contributed by atoms with Gasteiger partial charge in [-0.1, -0.05) is 20.3 Å². The Kier molecular flexibility index (Phi) is 13.4. The van der Waals surface area contributed by atoms with Crippen LogP contribution < -0.4 is 0 Å². The van der Waals surface area contributed by atoms with E-state index in [1.165, 1.54) is 6.92 Å². The Morgan fingerprint density at radius 3 is 2.08 bits per heavy atom. The molecule has 0 fully saturated rings. The molecule has 0 aliphatic carbocycles. The lowest BCUT2D eigenvalue weighted by Gasteiger charge is -1.91. The fraction of sp³-hybridized carbons (Fsp3) is 0.900. The molecule has 80 valence electrons. The summed E-state index contributed by atoms with van der Waals surface area (Å²) in [4.78, 5) is 10.6. The molecule has 0 bridgehead atoms. The number of ketones is 1. The standard InChI is InChI=1S/C7H14O.C3H8O2/c1-3-5-6-7(8)4-2;1-3(5)2-4/h3-6H2,1-2H3;3-5H,2H2,1H3. The van der Waals surface area contributed by atoms with Crippen LogP contribution in [0.3, 0.4) is 0 Å². The average molecular weight is 190 g/mol. The lowest BCUT2D eigenvalue weighted by molar-refractivity contribution is -0.118. The van der Waals surface area contributed by atoms with Crippen molar-refractivity contribution in [1.29, 1.82) is 0 Å². The topological polar surface area (TPSA) is 57.5 Å². The maximum Gasteiger partial charge on any atom is 0.132 e. The highest BCUT2D eigenvalue weighted by atomic mass is 16.3. The zero-order chi connectivity index (χ0) is 10.7. The average Bonchev–Trinajstić information content (AvgIpc) is 2.15. The van der Waals surface area contributed by atoms with E-state index < -0.39 is 6.10 Å². The number of hydrogen-bond acceptors (Lipinski definition) is 3. The van der Waals surface area contributed by atoms with Crippen LogP contribution in [-0.4, -0.2) is 28.7 Å². The number of carbonyl (C=O) groups excluding carboxylic acids is 1. The van der Waals surface area contributed by atoms with Crippen molar-refractivity contribution in [3.05, 3.63) is 0 Å². The highest BCUT2D eigenvalue weighted by Crippen LogP contribution is 1.96. The monoisotopic (exact) mass is 190 g/mol. The van der Waals surface area contributed by atoms with Crippen LogP contribution in [0.25, 0.3) is 0 Å². The molecule has 0 aromatic carbocycles. The maximum atomic E-state index is 10.6. The van der Waals surface area contributed by atoms with Crippen LogP contribution in [0.1, 0.15) is 46.5 Å². The highest BCUT2D eigenvalue weighted by Gasteiger charge is 1.93. The summed E-state index contributed by atoms with van der Waals surface area (Å²) in [6, 6.07) is 0. The van der Waals surface area contributed by atoms with E-state index in [-0.39, 0.29) is 6.61 Å². The lowest BCUT2D eigenvalue weighted by Crippen LogP contribution is -2.03. The molecule has 0 radical (unpaired) electrons. The molecule has 0 heterocycles. The van der Waals surface area contributed by atoms with Gasteiger partial charge in [-0.3, -0.25) is 4.79 Å². The second kappa shape index (κ2) is 11.6. The van der Waals surface area contributed by atoms with Gasteiger partial charge in [0, 0.05) is 12.8 Å². The molecule has 0 spiro atoms. The second-order valence-electron chi connectivity index (χ2n) is 3.03. The molecule has 1 unspecified atom stereocenters. The first kappa shape index (κ1) is 15.1. The zero-order valence-electron chi connectivity index (χ0n) is 8.92. The molecule has 0 saturated heterocycles. The fourth-order valence-corrected chi connectivity index (χ4v) is 0.551. The molecule has 3 heteroatoms. The number of carbonyl (C=O) groups is 1. The number of unbranched alkanes of at least 4 members (excludes halogenated alkanes) is 1. The number of rotatable bonds is 5. The molecule has 2 N–H and O–H groups in total. The van der Waals surface area contributed by atoms with Crippen molar-refractivity contribution < 1.29 is 15.0 Å². The van der Waals surface area contributed by atoms with Crippen LogP contribution in [-0.2, 0) is 4.79 Å². The molecular formula is C10H22O3. The third-order valence-electron chi connectivity index (χ3n) is 1.47. The van der Waals surface area contributed by atoms with Crippen LogP contribution in [0, 0.1) is 0 Å². The molecule has 3 nitrogen and oxygen atoms in total. The smallest absolute Gasteiger partial charge is 0.132 e. The van der Waals surface area contributed by atoms with E-state index in [0.29, 0.717) is 12.2 Å². The van der Waals surface area contributed by atoms with E-state index >= 15 is 0 Å². The predicted octanol–water partition coefficient (Wildman–Crippen LogP) is 1.52. The van der Waals surface area contributed by atoms with E-state index in [1.807, 2.05) is 6.92 Å². The Hall–Kier alpha value is -0.410. The van der Waals surface area contributed by atoms with Gasteiger partial charge in [0.15, 0.2) is 0 Å². The Bertz CT molecular complexity index is 111. The summed E-state index contributed by atoms with van der Waals surface area (Å²) in [5, 5.41) is 16.0. The van der Waals surface area contributed by atoms with Gasteiger partial charge in [-0.15, -0.1) is 0 Å². The van der Waals surface area contributed by atoms with E-state index in [2.05, 4.69) is 6.92 Å². The summed E-state index contributed by atoms with van der Waals surface area (Å²) < 4.78 is 0. The van der Waals surface area contributed by atoms with E-state index in [1.54, 1.807) is 0 Å². The van der Waals surface area contributed by atoms with Crippen molar-refractivity contribution in [2.24, 2.45) is 0 Å². The Morgan fingerprint density at radius 2 is 1.85 bits per heavy atom. The minimum Gasteiger partial charge on any atom is -0.394 e. The largest absolute Gasteiger partial charge is 0.394 e. The van der Waals surface area contributed by atoms with Crippen LogP contribution >= 0.6 is 0 Å². The quantitative estimate of drug-likeness (QED) is 0.691. The van der Waals surface area contributed by atoms with E-state index in [4.69, 9.17) is 10.2 Å². The first-order valence-electron chi connectivity index (χ1n) is 4.89. The third-order valence-corrected chi connectivity index (χ3v) is 1.47. The van der Waals surface area contributed by atoms with Crippen LogP contribution in [0.5, 0.6) is 0 Å². The number of aliphatic hydroxyl groups excluding tert-OH is 2. The van der Waals surface area contributed by atoms with Gasteiger partial charge in [0.2, 0.25) is 0 Å². The first-order valence-corrected chi connectivity index (χ1v) is 4.89. The molecule has 0 aliphatic rings. The van der Waals surface area contributed by atoms with Gasteiger partial charge in [-0.2, -0.15) is 0 Å². The minimum absolute atomic E-state index is 0.139. The molecule has 0 amide bonds. The Labute approximate surface area is 80.8 Å². The van der Waals surface area contributed by atoms with Crippen molar-refractivity contribution >= 4 is 5.78 Å². The molecular weight excluding hydrogens is 168 g/mol. The van der Waals surface area contributed by atoms with Gasteiger partial charge >= 0.3 is 0 Å². The van der Waals surface area contributed by atoms with Gasteiger partial charge in [0.05, 0.1) is 12.7 Å². The maximum absolute atomic E-state index is 10.6. The number of hydrogen-bond donors (Lipinski definition) is 2. The Morgan fingerprint density at radius 1 is 1.38 bits per heavy atom. The van der Waals surface area contributed by atoms with Crippen LogP contribution in [0.15, 0.2) is 0 Å². The van der Waals surface area contributed by atoms with Gasteiger partial charge < -0.3 is 10.2 Å². The van der Waals surface area contributed by atoms with Crippen LogP contribution in [0.2, 0.25) is 0 Å². The molecule has 0 aromatic rings. The van der Waals surface area contributed by atoms with Crippen molar-refractivity contribution in [2.45, 2.75) is 52.6 Å². The SMILES string of the molecule is CC(O)CO.CCCCC(=O)CC. The molecule has 0 rings (SSSR count). The second-order valence-corrected chi connectivity index (χ2v) is 3.03. The van der Waals surface area contributed by atoms with Crippen molar-refractivity contribution in [3.63, 3.8) is 0 Å². The van der Waals surface area contributed by atoms with Gasteiger partial charge in [0.25, 0.3) is 0 Å². The van der Waals surface area contributed by atoms with E-state index in [0.717, 1.165) is 19.3 Å². The van der Waals surface area contributed by atoms with Crippen molar-refractivity contribution in [3.8, 4) is 0 Å². The summed E-state index contributed by atoms with van der Waals surface area (Å²) in [5.74, 6) is 0.395. The molecule has 0 aliphatic heterocycles. The minimum atomic E-state index is -0.560. The highest BCUT2D eigenvalue weighted by molar-refractivity contribution is 5.77. The van der Waals surface area contributed by atoms with Crippen LogP contribution in [0.4, 0.5) is 0 Å². The van der Waals surface area contributed by atoms with Gasteiger partial charge in [-0.25, -0.2) is 0 Å². The fourth-order valence-electron chi connectivity index (χ4n) is 0.551. The number of aliphatic hydroxyl groups is 2. The molecule has 1 atom stereocenters. The summed E-state index contributed by atoms with van der Waals surface area (Å²) in [6.45, 7) is 5.40. The summed E-state index contributed by atoms with van der Waals surface area (Å²) in [6.07, 6.45) is 3.13. The summed E-state index contributed by atoms with van der Waals surface area (Å²) >= 11 is 0. The summed E-state index contributed by atoms with van der Waals surface area (Å²) in [5.41, 5.74) is 0. The van der Waals surface area contributed by atoms with Gasteiger partial charge in [-0.05, 0) is 13.3 Å². The summed E-state index contributed by atoms with van der Waals surface area (Å²) in [7, 11) is 0. The molecule has 0 aromatic heterocycles. The predicted molar refractivity (Wildman–Crippen MR) is 53.6 cm³/mol. The normalized spacial score (nSPS) is 11.5. The Balaban J connectivity index is 0. The molecule has 13 heavy (non-hydrogen) atoms. The first-order chi connectivity index (χ1) is 6.08. The van der Waals surface area contributed by atoms with Crippen molar-refractivity contribution in [2.75, 3.05) is 6.61 Å². The lowest BCUT2D eigenvalue weighted by atomic mass is 10.1. The molecule has 0 saturated carbocycles. The van der Waals surface area contributed by atoms with E-state index in [9.17, 15) is 4.79 Å². The third kappa shape index (κ3) is 18.5. The van der Waals surface area contributed by atoms with Gasteiger partial charge in [0.1, 0.15) is 5.78 Å². The zero-order valence-corrected chi connectivity index (χ0v) is 8.92.